The van der Waals surface area contributed by atoms with Crippen molar-refractivity contribution < 1.29 is 9.84 Å². The normalized spacial score (nSPS) is 11.4. The van der Waals surface area contributed by atoms with E-state index < -0.39 is 0 Å². The van der Waals surface area contributed by atoms with Crippen LogP contribution in [0.15, 0.2) is 65.0 Å². The van der Waals surface area contributed by atoms with Gasteiger partial charge in [-0.05, 0) is 48.2 Å². The molecule has 0 bridgehead atoms. The molecule has 0 radical (unpaired) electrons. The van der Waals surface area contributed by atoms with E-state index in [1.165, 1.54) is 11.8 Å². The van der Waals surface area contributed by atoms with Crippen LogP contribution in [-0.4, -0.2) is 52.9 Å². The fourth-order valence-electron chi connectivity index (χ4n) is 3.09. The van der Waals surface area contributed by atoms with Gasteiger partial charge in [0, 0.05) is 35.3 Å². The lowest BCUT2D eigenvalue weighted by Crippen LogP contribution is -2.02. The molecule has 0 fully saturated rings. The summed E-state index contributed by atoms with van der Waals surface area (Å²) in [6, 6.07) is 11.5. The fraction of sp³-hybridized carbons (Fsp3) is 0.150. The summed E-state index contributed by atoms with van der Waals surface area (Å²) in [6.45, 7) is 0.182. The van der Waals surface area contributed by atoms with Gasteiger partial charge >= 0.3 is 0 Å². The van der Waals surface area contributed by atoms with E-state index in [0.717, 1.165) is 27.1 Å². The maximum atomic E-state index is 9.06. The lowest BCUT2D eigenvalue weighted by atomic mass is 10.2. The Morgan fingerprint density at radius 1 is 1.13 bits per heavy atom. The van der Waals surface area contributed by atoms with E-state index >= 15 is 0 Å². The minimum Gasteiger partial charge on any atom is -0.490 e. The summed E-state index contributed by atoms with van der Waals surface area (Å²) in [6.07, 6.45) is 5.38. The second-order valence-corrected chi connectivity index (χ2v) is 7.58. The molecule has 1 aromatic carbocycles. The van der Waals surface area contributed by atoms with Gasteiger partial charge in [0.15, 0.2) is 5.65 Å². The van der Waals surface area contributed by atoms with Gasteiger partial charge in [-0.3, -0.25) is 9.67 Å². The van der Waals surface area contributed by atoms with E-state index in [-0.39, 0.29) is 13.2 Å². The molecular formula is C20H17N7O2S. The van der Waals surface area contributed by atoms with Crippen molar-refractivity contribution in [3.8, 4) is 17.0 Å². The van der Waals surface area contributed by atoms with Gasteiger partial charge in [0.05, 0.1) is 24.0 Å². The van der Waals surface area contributed by atoms with Crippen molar-refractivity contribution in [3.63, 3.8) is 0 Å². The van der Waals surface area contributed by atoms with Crippen LogP contribution in [0.3, 0.4) is 0 Å². The van der Waals surface area contributed by atoms with Crippen molar-refractivity contribution in [2.75, 3.05) is 13.2 Å². The molecule has 0 atom stereocenters. The topological polar surface area (TPSA) is 103 Å². The summed E-state index contributed by atoms with van der Waals surface area (Å²) >= 11 is 1.45. The zero-order valence-electron chi connectivity index (χ0n) is 16.0. The summed E-state index contributed by atoms with van der Waals surface area (Å²) < 4.78 is 9.11. The average Bonchev–Trinajstić information content (AvgIpc) is 3.38. The molecule has 0 saturated heterocycles. The lowest BCUT2D eigenvalue weighted by molar-refractivity contribution is 0.202. The molecule has 0 aliphatic heterocycles. The third-order valence-corrected chi connectivity index (χ3v) is 5.39. The molecule has 0 spiro atoms. The average molecular weight is 419 g/mol. The third-order valence-electron chi connectivity index (χ3n) is 4.47. The monoisotopic (exact) mass is 419 g/mol. The largest absolute Gasteiger partial charge is 0.490 e. The molecule has 0 amide bonds. The lowest BCUT2D eigenvalue weighted by Gasteiger charge is -2.08. The van der Waals surface area contributed by atoms with E-state index in [0.29, 0.717) is 16.6 Å². The predicted molar refractivity (Wildman–Crippen MR) is 111 cm³/mol. The van der Waals surface area contributed by atoms with Crippen LogP contribution in [0.5, 0.6) is 5.75 Å². The molecule has 4 aromatic heterocycles. The molecule has 1 N–H and O–H groups in total. The quantitative estimate of drug-likeness (QED) is 0.448. The predicted octanol–water partition coefficient (Wildman–Crippen LogP) is 2.60. The van der Waals surface area contributed by atoms with Crippen molar-refractivity contribution in [1.29, 1.82) is 0 Å². The summed E-state index contributed by atoms with van der Waals surface area (Å²) in [5.74, 6) is 0.680. The van der Waals surface area contributed by atoms with Gasteiger partial charge in [-0.2, -0.15) is 14.7 Å². The molecule has 4 heterocycles. The summed E-state index contributed by atoms with van der Waals surface area (Å²) in [7, 11) is 1.87. The number of hydrogen-bond donors (Lipinski definition) is 1. The van der Waals surface area contributed by atoms with Gasteiger partial charge in [-0.25, -0.2) is 0 Å². The first kappa shape index (κ1) is 18.5. The number of aryl methyl sites for hydroxylation is 1. The Morgan fingerprint density at radius 2 is 2.07 bits per heavy atom. The maximum Gasteiger partial charge on any atom is 0.217 e. The standard InChI is InChI=1S/C20H17N7O2S/c1-26-12-13(11-22-26)16-4-5-19-23-24-20(27(19)25-16)30-14-2-3-17-15(10-14)18(6-7-21-17)29-9-8-28/h2-7,10-12,28H,8-9H2,1H3. The highest BCUT2D eigenvalue weighted by atomic mass is 32.2. The molecule has 9 nitrogen and oxygen atoms in total. The SMILES string of the molecule is Cn1cc(-c2ccc3nnc(Sc4ccc5nccc(OCCO)c5c4)n3n2)cn1. The highest BCUT2D eigenvalue weighted by Gasteiger charge is 2.12. The zero-order chi connectivity index (χ0) is 20.5. The molecule has 0 unspecified atom stereocenters. The van der Waals surface area contributed by atoms with E-state index in [1.807, 2.05) is 43.6 Å². The molecule has 30 heavy (non-hydrogen) atoms. The second-order valence-electron chi connectivity index (χ2n) is 6.54. The van der Waals surface area contributed by atoms with Crippen molar-refractivity contribution in [3.05, 3.63) is 55.0 Å². The number of aromatic nitrogens is 7. The number of aliphatic hydroxyl groups excluding tert-OH is 1. The summed E-state index contributed by atoms with van der Waals surface area (Å²) in [5.41, 5.74) is 3.20. The Balaban J connectivity index is 1.51. The molecular weight excluding hydrogens is 402 g/mol. The summed E-state index contributed by atoms with van der Waals surface area (Å²) in [4.78, 5) is 5.33. The van der Waals surface area contributed by atoms with Crippen LogP contribution in [0.25, 0.3) is 27.8 Å². The van der Waals surface area contributed by atoms with Crippen molar-refractivity contribution in [2.45, 2.75) is 10.1 Å². The number of hydrogen-bond acceptors (Lipinski definition) is 8. The number of pyridine rings is 1. The smallest absolute Gasteiger partial charge is 0.217 e. The van der Waals surface area contributed by atoms with E-state index in [4.69, 9.17) is 9.84 Å². The first-order chi connectivity index (χ1) is 14.7. The van der Waals surface area contributed by atoms with Crippen LogP contribution in [0, 0.1) is 0 Å². The van der Waals surface area contributed by atoms with E-state index in [9.17, 15) is 0 Å². The maximum absolute atomic E-state index is 9.06. The fourth-order valence-corrected chi connectivity index (χ4v) is 3.92. The van der Waals surface area contributed by atoms with Crippen LogP contribution >= 0.6 is 11.8 Å². The number of nitrogens with zero attached hydrogens (tertiary/aromatic N) is 7. The zero-order valence-corrected chi connectivity index (χ0v) is 16.8. The molecule has 0 aliphatic rings. The van der Waals surface area contributed by atoms with Crippen LogP contribution < -0.4 is 4.74 Å². The van der Waals surface area contributed by atoms with Crippen LogP contribution in [-0.2, 0) is 7.05 Å². The number of aliphatic hydroxyl groups is 1. The van der Waals surface area contributed by atoms with Crippen molar-refractivity contribution in [2.24, 2.45) is 7.05 Å². The molecule has 150 valence electrons. The number of ether oxygens (including phenoxy) is 1. The Bertz CT molecular complexity index is 1350. The molecule has 0 aliphatic carbocycles. The summed E-state index contributed by atoms with van der Waals surface area (Å²) in [5, 5.41) is 28.0. The van der Waals surface area contributed by atoms with Crippen molar-refractivity contribution in [1.82, 2.24) is 34.6 Å². The highest BCUT2D eigenvalue weighted by Crippen LogP contribution is 2.32. The minimum atomic E-state index is -0.0467. The first-order valence-electron chi connectivity index (χ1n) is 9.23. The van der Waals surface area contributed by atoms with Crippen LogP contribution in [0.1, 0.15) is 0 Å². The molecule has 5 aromatic rings. The Labute approximate surface area is 175 Å². The highest BCUT2D eigenvalue weighted by molar-refractivity contribution is 7.99. The third kappa shape index (κ3) is 3.46. The van der Waals surface area contributed by atoms with Crippen molar-refractivity contribution >= 4 is 28.3 Å². The number of benzene rings is 1. The van der Waals surface area contributed by atoms with Gasteiger partial charge < -0.3 is 9.84 Å². The van der Waals surface area contributed by atoms with Gasteiger partial charge in [0.25, 0.3) is 0 Å². The Morgan fingerprint density at radius 3 is 2.90 bits per heavy atom. The van der Waals surface area contributed by atoms with Gasteiger partial charge in [-0.15, -0.1) is 10.2 Å². The van der Waals surface area contributed by atoms with E-state index in [2.05, 4.69) is 25.4 Å². The minimum absolute atomic E-state index is 0.0467. The molecule has 5 rings (SSSR count). The van der Waals surface area contributed by atoms with E-state index in [1.54, 1.807) is 27.7 Å². The first-order valence-corrected chi connectivity index (χ1v) is 10.0. The van der Waals surface area contributed by atoms with Gasteiger partial charge in [0.2, 0.25) is 5.16 Å². The van der Waals surface area contributed by atoms with Gasteiger partial charge in [-0.1, -0.05) is 0 Å². The van der Waals surface area contributed by atoms with Crippen LogP contribution in [0.4, 0.5) is 0 Å². The molecule has 0 saturated carbocycles. The van der Waals surface area contributed by atoms with Gasteiger partial charge in [0.1, 0.15) is 12.4 Å². The molecule has 10 heteroatoms. The van der Waals surface area contributed by atoms with Crippen LogP contribution in [0.2, 0.25) is 0 Å². The second kappa shape index (κ2) is 7.73. The Kier molecular flexibility index (Phi) is 4.77. The number of fused-ring (bicyclic) bond motifs is 2. The Hall–Kier alpha value is -3.50. The number of rotatable bonds is 6.